The molecule has 1 saturated heterocycles. The summed E-state index contributed by atoms with van der Waals surface area (Å²) in [4.78, 5) is 34.8. The van der Waals surface area contributed by atoms with Gasteiger partial charge in [0.05, 0.1) is 23.1 Å². The van der Waals surface area contributed by atoms with E-state index in [2.05, 4.69) is 52.0 Å². The van der Waals surface area contributed by atoms with Gasteiger partial charge in [-0.15, -0.1) is 0 Å². The lowest BCUT2D eigenvalue weighted by atomic mass is 9.58. The van der Waals surface area contributed by atoms with Gasteiger partial charge < -0.3 is 9.88 Å². The van der Waals surface area contributed by atoms with Crippen molar-refractivity contribution in [3.05, 3.63) is 81.9 Å². The van der Waals surface area contributed by atoms with Gasteiger partial charge in [0.15, 0.2) is 0 Å². The number of imidazole rings is 1. The lowest BCUT2D eigenvalue weighted by Crippen LogP contribution is -2.59. The van der Waals surface area contributed by atoms with E-state index in [1.54, 1.807) is 25.5 Å². The smallest absolute Gasteiger partial charge is 0.266 e. The molecule has 7 heteroatoms. The number of hydrogen-bond donors (Lipinski definition) is 1. The van der Waals surface area contributed by atoms with Crippen LogP contribution in [0.2, 0.25) is 0 Å². The van der Waals surface area contributed by atoms with Crippen molar-refractivity contribution >= 4 is 16.9 Å². The van der Waals surface area contributed by atoms with Gasteiger partial charge in [0.2, 0.25) is 0 Å². The largest absolute Gasteiger partial charge is 0.345 e. The lowest BCUT2D eigenvalue weighted by Gasteiger charge is -2.54. The standard InChI is InChI=1S/C27H27N5O2/c1-16-24-14-17-4-5-18(21-8-9-25(33)31(3)30-21)12-20(17)27(16,2)10-11-32(24)26(34)19-6-7-22-23(13-19)29-15-28-22/h4-9,12-13,15-16,24H,10-11,14H2,1-3H3,(H,28,29)/t16-,24-,27-/m1/s1. The van der Waals surface area contributed by atoms with Gasteiger partial charge in [0.1, 0.15) is 0 Å². The second kappa shape index (κ2) is 7.38. The van der Waals surface area contributed by atoms with Gasteiger partial charge >= 0.3 is 0 Å². The Morgan fingerprint density at radius 1 is 1.15 bits per heavy atom. The van der Waals surface area contributed by atoms with E-state index in [0.717, 1.165) is 41.7 Å². The van der Waals surface area contributed by atoms with Crippen LogP contribution in [0.1, 0.15) is 41.8 Å². The number of hydrogen-bond acceptors (Lipinski definition) is 4. The molecule has 1 aliphatic carbocycles. The summed E-state index contributed by atoms with van der Waals surface area (Å²) in [5, 5.41) is 4.44. The molecule has 1 amide bonds. The number of nitrogens with zero attached hydrogens (tertiary/aromatic N) is 4. The van der Waals surface area contributed by atoms with Crippen LogP contribution in [0.4, 0.5) is 0 Å². The molecule has 0 saturated carbocycles. The first-order chi connectivity index (χ1) is 16.3. The zero-order valence-corrected chi connectivity index (χ0v) is 19.6. The van der Waals surface area contributed by atoms with E-state index in [4.69, 9.17) is 0 Å². The van der Waals surface area contributed by atoms with E-state index in [9.17, 15) is 9.59 Å². The first-order valence-corrected chi connectivity index (χ1v) is 11.8. The molecule has 34 heavy (non-hydrogen) atoms. The minimum atomic E-state index is -0.117. The molecule has 1 aliphatic heterocycles. The molecule has 6 rings (SSSR count). The van der Waals surface area contributed by atoms with Gasteiger partial charge in [-0.1, -0.05) is 26.0 Å². The Labute approximate surface area is 197 Å². The molecule has 2 aromatic carbocycles. The Kier molecular flexibility index (Phi) is 4.52. The Morgan fingerprint density at radius 3 is 2.82 bits per heavy atom. The number of carbonyl (C=O) groups is 1. The second-order valence-electron chi connectivity index (χ2n) is 9.91. The van der Waals surface area contributed by atoms with Gasteiger partial charge in [0.25, 0.3) is 11.5 Å². The predicted octanol–water partition coefficient (Wildman–Crippen LogP) is 3.69. The van der Waals surface area contributed by atoms with E-state index < -0.39 is 0 Å². The summed E-state index contributed by atoms with van der Waals surface area (Å²) in [6, 6.07) is 15.7. The summed E-state index contributed by atoms with van der Waals surface area (Å²) >= 11 is 0. The number of amides is 1. The van der Waals surface area contributed by atoms with E-state index in [1.165, 1.54) is 15.8 Å². The topological polar surface area (TPSA) is 83.9 Å². The number of aromatic amines is 1. The van der Waals surface area contributed by atoms with Crippen LogP contribution in [0.25, 0.3) is 22.3 Å². The van der Waals surface area contributed by atoms with Crippen LogP contribution in [0.5, 0.6) is 0 Å². The van der Waals surface area contributed by atoms with Crippen LogP contribution < -0.4 is 5.56 Å². The fraction of sp³-hybridized carbons (Fsp3) is 0.333. The summed E-state index contributed by atoms with van der Waals surface area (Å²) in [5.74, 6) is 0.404. The molecule has 7 nitrogen and oxygen atoms in total. The number of piperidine rings is 1. The number of benzene rings is 2. The second-order valence-corrected chi connectivity index (χ2v) is 9.91. The summed E-state index contributed by atoms with van der Waals surface area (Å²) in [6.07, 6.45) is 3.40. The van der Waals surface area contributed by atoms with E-state index in [0.29, 0.717) is 11.5 Å². The zero-order valence-electron chi connectivity index (χ0n) is 19.6. The normalized spacial score (nSPS) is 23.7. The van der Waals surface area contributed by atoms with Gasteiger partial charge in [-0.3, -0.25) is 9.59 Å². The molecule has 4 aromatic rings. The minimum Gasteiger partial charge on any atom is -0.345 e. The third-order valence-electron chi connectivity index (χ3n) is 8.19. The van der Waals surface area contributed by atoms with Gasteiger partial charge in [-0.2, -0.15) is 5.10 Å². The van der Waals surface area contributed by atoms with Crippen LogP contribution in [-0.4, -0.2) is 43.1 Å². The molecular weight excluding hydrogens is 426 g/mol. The Balaban J connectivity index is 1.35. The summed E-state index contributed by atoms with van der Waals surface area (Å²) in [6.45, 7) is 5.34. The van der Waals surface area contributed by atoms with Crippen molar-refractivity contribution in [2.45, 2.75) is 38.1 Å². The Morgan fingerprint density at radius 2 is 2.00 bits per heavy atom. The van der Waals surface area contributed by atoms with Crippen molar-refractivity contribution in [2.24, 2.45) is 13.0 Å². The molecule has 0 spiro atoms. The molecule has 2 aromatic heterocycles. The maximum absolute atomic E-state index is 13.6. The molecular formula is C27H27N5O2. The lowest BCUT2D eigenvalue weighted by molar-refractivity contribution is 0.0251. The molecule has 0 radical (unpaired) electrons. The van der Waals surface area contributed by atoms with Gasteiger partial charge in [-0.25, -0.2) is 9.67 Å². The Bertz CT molecular complexity index is 1500. The first-order valence-electron chi connectivity index (χ1n) is 11.8. The molecule has 3 atom stereocenters. The fourth-order valence-corrected chi connectivity index (χ4v) is 5.92. The fourth-order valence-electron chi connectivity index (χ4n) is 5.92. The monoisotopic (exact) mass is 453 g/mol. The summed E-state index contributed by atoms with van der Waals surface area (Å²) < 4.78 is 1.37. The molecule has 3 heterocycles. The number of fused-ring (bicyclic) bond motifs is 5. The predicted molar refractivity (Wildman–Crippen MR) is 131 cm³/mol. The quantitative estimate of drug-likeness (QED) is 0.502. The average molecular weight is 454 g/mol. The molecule has 172 valence electrons. The number of carbonyl (C=O) groups excluding carboxylic acids is 1. The van der Waals surface area contributed by atoms with Crippen LogP contribution in [0, 0.1) is 5.92 Å². The number of aryl methyl sites for hydroxylation is 1. The first kappa shape index (κ1) is 20.8. The van der Waals surface area contributed by atoms with Gasteiger partial charge in [-0.05, 0) is 65.6 Å². The number of rotatable bonds is 2. The number of nitrogens with one attached hydrogen (secondary N) is 1. The van der Waals surface area contributed by atoms with Crippen LogP contribution >= 0.6 is 0 Å². The van der Waals surface area contributed by atoms with Crippen molar-refractivity contribution < 1.29 is 4.79 Å². The minimum absolute atomic E-state index is 0.0287. The molecule has 2 bridgehead atoms. The molecule has 2 aliphatic rings. The highest BCUT2D eigenvalue weighted by Gasteiger charge is 2.49. The maximum atomic E-state index is 13.6. The van der Waals surface area contributed by atoms with E-state index in [-0.39, 0.29) is 22.9 Å². The molecule has 1 N–H and O–H groups in total. The van der Waals surface area contributed by atoms with E-state index >= 15 is 0 Å². The average Bonchev–Trinajstić information content (AvgIpc) is 3.31. The molecule has 1 fully saturated rings. The van der Waals surface area contributed by atoms with Crippen molar-refractivity contribution in [1.82, 2.24) is 24.6 Å². The highest BCUT2D eigenvalue weighted by molar-refractivity contribution is 5.97. The van der Waals surface area contributed by atoms with Crippen molar-refractivity contribution in [2.75, 3.05) is 6.54 Å². The van der Waals surface area contributed by atoms with E-state index in [1.807, 2.05) is 18.2 Å². The molecule has 0 unspecified atom stereocenters. The SMILES string of the molecule is C[C@@H]1[C@H]2Cc3ccc(-c4ccc(=O)n(C)n4)cc3[C@]1(C)CCN2C(=O)c1ccc2nc[nH]c2c1. The van der Waals surface area contributed by atoms with Crippen LogP contribution in [-0.2, 0) is 18.9 Å². The van der Waals surface area contributed by atoms with Crippen molar-refractivity contribution in [3.63, 3.8) is 0 Å². The van der Waals surface area contributed by atoms with Crippen LogP contribution in [0.3, 0.4) is 0 Å². The third-order valence-corrected chi connectivity index (χ3v) is 8.19. The summed E-state index contributed by atoms with van der Waals surface area (Å²) in [7, 11) is 1.68. The number of aromatic nitrogens is 4. The van der Waals surface area contributed by atoms with Crippen molar-refractivity contribution in [3.8, 4) is 11.3 Å². The zero-order chi connectivity index (χ0) is 23.6. The van der Waals surface area contributed by atoms with Gasteiger partial charge in [0, 0.05) is 36.8 Å². The Hall–Kier alpha value is -3.74. The third kappa shape index (κ3) is 3.03. The highest BCUT2D eigenvalue weighted by Crippen LogP contribution is 2.49. The maximum Gasteiger partial charge on any atom is 0.266 e. The van der Waals surface area contributed by atoms with Crippen molar-refractivity contribution in [1.29, 1.82) is 0 Å². The number of H-pyrrole nitrogens is 1. The summed E-state index contributed by atoms with van der Waals surface area (Å²) in [5.41, 5.74) is 6.76. The highest BCUT2D eigenvalue weighted by atomic mass is 16.2. The van der Waals surface area contributed by atoms with Crippen LogP contribution in [0.15, 0.2) is 59.7 Å². The number of likely N-dealkylation sites (tertiary alicyclic amines) is 1.